The molecule has 1 saturated heterocycles. The maximum Gasteiger partial charge on any atom is 0.296 e. The van der Waals surface area contributed by atoms with E-state index < -0.39 is 6.43 Å². The zero-order valence-electron chi connectivity index (χ0n) is 24.3. The molecule has 1 aliphatic carbocycles. The molecule has 1 saturated carbocycles. The first kappa shape index (κ1) is 29.4. The van der Waals surface area contributed by atoms with Crippen molar-refractivity contribution >= 4 is 22.8 Å². The lowest BCUT2D eigenvalue weighted by atomic mass is 9.86. The molecule has 0 bridgehead atoms. The summed E-state index contributed by atoms with van der Waals surface area (Å²) in [5.41, 5.74) is 2.29. The summed E-state index contributed by atoms with van der Waals surface area (Å²) in [5.74, 6) is 1.67. The minimum atomic E-state index is -2.75. The SMILES string of the molecule is FC(F)c1nc2ccccc2n1-c1cc(N2CCOCC2)nc(NC[C@H]2CC[C@H](NCCOCc3ccccc3)CC2)n1. The molecule has 4 aromatic rings. The zero-order valence-corrected chi connectivity index (χ0v) is 24.3. The highest BCUT2D eigenvalue weighted by atomic mass is 19.3. The van der Waals surface area contributed by atoms with Crippen LogP contribution in [-0.2, 0) is 16.1 Å². The number of anilines is 2. The average molecular weight is 592 g/mol. The number of hydrogen-bond acceptors (Lipinski definition) is 8. The topological polar surface area (TPSA) is 89.4 Å². The molecular formula is C32H39F2N7O2. The Balaban J connectivity index is 1.08. The van der Waals surface area contributed by atoms with Crippen LogP contribution in [0.4, 0.5) is 20.5 Å². The molecule has 0 radical (unpaired) electrons. The summed E-state index contributed by atoms with van der Waals surface area (Å²) >= 11 is 0. The van der Waals surface area contributed by atoms with Crippen molar-refractivity contribution in [2.45, 2.75) is 44.8 Å². The van der Waals surface area contributed by atoms with Crippen LogP contribution in [0.25, 0.3) is 16.9 Å². The number of benzene rings is 2. The van der Waals surface area contributed by atoms with Crippen molar-refractivity contribution in [3.8, 4) is 5.82 Å². The number of nitrogens with zero attached hydrogens (tertiary/aromatic N) is 5. The lowest BCUT2D eigenvalue weighted by molar-refractivity contribution is 0.118. The monoisotopic (exact) mass is 591 g/mol. The first-order valence-corrected chi connectivity index (χ1v) is 15.2. The highest BCUT2D eigenvalue weighted by Gasteiger charge is 2.24. The molecule has 0 amide bonds. The number of morpholine rings is 1. The van der Waals surface area contributed by atoms with Crippen LogP contribution in [0.3, 0.4) is 0 Å². The second kappa shape index (κ2) is 14.2. The van der Waals surface area contributed by atoms with E-state index in [1.54, 1.807) is 24.3 Å². The Hall–Kier alpha value is -3.67. The number of nitrogens with one attached hydrogen (secondary N) is 2. The van der Waals surface area contributed by atoms with E-state index >= 15 is 0 Å². The zero-order chi connectivity index (χ0) is 29.4. The van der Waals surface area contributed by atoms with E-state index in [1.807, 2.05) is 24.3 Å². The van der Waals surface area contributed by atoms with E-state index in [0.717, 1.165) is 38.8 Å². The first-order chi connectivity index (χ1) is 21.1. The van der Waals surface area contributed by atoms with Crippen LogP contribution in [0.5, 0.6) is 0 Å². The molecule has 0 spiro atoms. The largest absolute Gasteiger partial charge is 0.378 e. The van der Waals surface area contributed by atoms with Gasteiger partial charge in [0.25, 0.3) is 6.43 Å². The molecule has 2 N–H and O–H groups in total. The van der Waals surface area contributed by atoms with Crippen LogP contribution in [0.15, 0.2) is 60.7 Å². The van der Waals surface area contributed by atoms with Gasteiger partial charge in [0.1, 0.15) is 11.6 Å². The van der Waals surface area contributed by atoms with Crippen molar-refractivity contribution in [3.05, 3.63) is 72.1 Å². The van der Waals surface area contributed by atoms with Crippen LogP contribution in [-0.4, -0.2) is 71.6 Å². The molecule has 43 heavy (non-hydrogen) atoms. The fraction of sp³-hybridized carbons (Fsp3) is 0.469. The van der Waals surface area contributed by atoms with Crippen LogP contribution in [0, 0.1) is 5.92 Å². The molecule has 1 aliphatic heterocycles. The second-order valence-corrected chi connectivity index (χ2v) is 11.2. The van der Waals surface area contributed by atoms with Crippen molar-refractivity contribution in [1.29, 1.82) is 0 Å². The third-order valence-corrected chi connectivity index (χ3v) is 8.23. The minimum absolute atomic E-state index is 0.324. The van der Waals surface area contributed by atoms with Gasteiger partial charge in [-0.15, -0.1) is 0 Å². The van der Waals surface area contributed by atoms with Crippen LogP contribution >= 0.6 is 0 Å². The molecule has 9 nitrogen and oxygen atoms in total. The van der Waals surface area contributed by atoms with Crippen LogP contribution in [0.2, 0.25) is 0 Å². The summed E-state index contributed by atoms with van der Waals surface area (Å²) in [6.45, 7) is 5.43. The Labute approximate surface area is 250 Å². The minimum Gasteiger partial charge on any atom is -0.378 e. The van der Waals surface area contributed by atoms with Crippen molar-refractivity contribution in [2.75, 3.05) is 56.2 Å². The smallest absolute Gasteiger partial charge is 0.296 e. The quantitative estimate of drug-likeness (QED) is 0.213. The van der Waals surface area contributed by atoms with E-state index in [9.17, 15) is 8.78 Å². The van der Waals surface area contributed by atoms with Gasteiger partial charge in [0.2, 0.25) is 5.95 Å². The lowest BCUT2D eigenvalue weighted by Crippen LogP contribution is -2.37. The molecule has 3 heterocycles. The van der Waals surface area contributed by atoms with Gasteiger partial charge in [-0.05, 0) is 49.3 Å². The summed E-state index contributed by atoms with van der Waals surface area (Å²) in [6.07, 6.45) is 1.64. The highest BCUT2D eigenvalue weighted by molar-refractivity contribution is 5.78. The maximum atomic E-state index is 14.1. The van der Waals surface area contributed by atoms with Crippen molar-refractivity contribution in [3.63, 3.8) is 0 Å². The maximum absolute atomic E-state index is 14.1. The standard InChI is InChI=1S/C32H39F2N7O2/c33-30(34)31-37-26-8-4-5-9-27(26)41(31)29-20-28(40-15-18-42-19-16-40)38-32(39-29)36-21-23-10-12-25(13-11-23)35-14-17-43-22-24-6-2-1-3-7-24/h1-9,20,23,25,30,35H,10-19,21-22H2,(H,36,38,39)/t23-,25-. The Kier molecular flexibility index (Phi) is 9.71. The van der Waals surface area contributed by atoms with Gasteiger partial charge in [-0.2, -0.15) is 9.97 Å². The molecule has 2 fully saturated rings. The number of alkyl halides is 2. The fourth-order valence-electron chi connectivity index (χ4n) is 5.91. The lowest BCUT2D eigenvalue weighted by Gasteiger charge is -2.30. The Morgan fingerprint density at radius 1 is 0.907 bits per heavy atom. The van der Waals surface area contributed by atoms with E-state index in [2.05, 4.69) is 32.7 Å². The Morgan fingerprint density at radius 3 is 2.44 bits per heavy atom. The molecule has 228 valence electrons. The number of halogens is 2. The number of ether oxygens (including phenoxy) is 2. The number of rotatable bonds is 12. The molecule has 2 aliphatic rings. The average Bonchev–Trinajstić information content (AvgIpc) is 3.45. The third kappa shape index (κ3) is 7.46. The number of imidazole rings is 1. The number of para-hydroxylation sites is 2. The summed E-state index contributed by atoms with van der Waals surface area (Å²) in [4.78, 5) is 15.9. The predicted molar refractivity (Wildman–Crippen MR) is 163 cm³/mol. The molecule has 6 rings (SSSR count). The van der Waals surface area contributed by atoms with Gasteiger partial charge >= 0.3 is 0 Å². The normalized spacial score (nSPS) is 19.3. The van der Waals surface area contributed by atoms with E-state index in [-0.39, 0.29) is 5.82 Å². The van der Waals surface area contributed by atoms with E-state index in [4.69, 9.17) is 19.4 Å². The summed E-state index contributed by atoms with van der Waals surface area (Å²) in [5, 5.41) is 7.08. The molecule has 2 aromatic carbocycles. The summed E-state index contributed by atoms with van der Waals surface area (Å²) in [7, 11) is 0. The number of aromatic nitrogens is 4. The number of hydrogen-bond donors (Lipinski definition) is 2. The van der Waals surface area contributed by atoms with Crippen LogP contribution < -0.4 is 15.5 Å². The molecular weight excluding hydrogens is 552 g/mol. The molecule has 2 aromatic heterocycles. The van der Waals surface area contributed by atoms with Crippen LogP contribution in [0.1, 0.15) is 43.5 Å². The van der Waals surface area contributed by atoms with Gasteiger partial charge in [-0.25, -0.2) is 13.8 Å². The van der Waals surface area contributed by atoms with Gasteiger partial charge in [0.05, 0.1) is 37.5 Å². The molecule has 11 heteroatoms. The van der Waals surface area contributed by atoms with Crippen molar-refractivity contribution < 1.29 is 18.3 Å². The van der Waals surface area contributed by atoms with Crippen molar-refractivity contribution in [1.82, 2.24) is 24.8 Å². The Bertz CT molecular complexity index is 1450. The first-order valence-electron chi connectivity index (χ1n) is 15.2. The van der Waals surface area contributed by atoms with E-state index in [1.165, 1.54) is 10.1 Å². The van der Waals surface area contributed by atoms with Gasteiger partial charge in [0, 0.05) is 38.3 Å². The second-order valence-electron chi connectivity index (χ2n) is 11.2. The van der Waals surface area contributed by atoms with Crippen molar-refractivity contribution in [2.24, 2.45) is 5.92 Å². The van der Waals surface area contributed by atoms with Gasteiger partial charge in [-0.3, -0.25) is 4.57 Å². The molecule has 0 atom stereocenters. The van der Waals surface area contributed by atoms with E-state index in [0.29, 0.717) is 80.1 Å². The summed E-state index contributed by atoms with van der Waals surface area (Å²) < 4.78 is 41.1. The Morgan fingerprint density at radius 2 is 1.65 bits per heavy atom. The predicted octanol–water partition coefficient (Wildman–Crippen LogP) is 5.37. The van der Waals surface area contributed by atoms with Gasteiger partial charge in [-0.1, -0.05) is 42.5 Å². The fourth-order valence-corrected chi connectivity index (χ4v) is 5.91. The highest BCUT2D eigenvalue weighted by Crippen LogP contribution is 2.30. The summed E-state index contributed by atoms with van der Waals surface area (Å²) in [6, 6.07) is 19.6. The molecule has 0 unspecified atom stereocenters. The van der Waals surface area contributed by atoms with Gasteiger partial charge in [0.15, 0.2) is 5.82 Å². The number of fused-ring (bicyclic) bond motifs is 1. The third-order valence-electron chi connectivity index (χ3n) is 8.23. The van der Waals surface area contributed by atoms with Gasteiger partial charge < -0.3 is 25.0 Å².